The zero-order valence-corrected chi connectivity index (χ0v) is 21.4. The molecule has 1 heterocycles. The Morgan fingerprint density at radius 3 is 2.67 bits per heavy atom. The number of anilines is 1. The zero-order chi connectivity index (χ0) is 26.0. The molecule has 0 radical (unpaired) electrons. The Balaban J connectivity index is 1.46. The van der Waals surface area contributed by atoms with Crippen LogP contribution in [0.15, 0.2) is 52.8 Å². The zero-order valence-electron chi connectivity index (χ0n) is 21.4. The molecule has 0 spiro atoms. The average Bonchev–Trinajstić information content (AvgIpc) is 3.07. The molecule has 1 aromatic heterocycles. The smallest absolute Gasteiger partial charge is 0.251 e. The third-order valence-electron chi connectivity index (χ3n) is 9.11. The molecule has 1 fully saturated rings. The summed E-state index contributed by atoms with van der Waals surface area (Å²) in [6.07, 6.45) is 4.60. The molecular weight excluding hydrogens is 458 g/mol. The van der Waals surface area contributed by atoms with Gasteiger partial charge in [0.15, 0.2) is 0 Å². The van der Waals surface area contributed by atoms with Crippen LogP contribution in [0.25, 0.3) is 0 Å². The van der Waals surface area contributed by atoms with Crippen LogP contribution in [0, 0.1) is 18.3 Å². The van der Waals surface area contributed by atoms with Crippen molar-refractivity contribution in [2.75, 3.05) is 19.4 Å². The van der Waals surface area contributed by atoms with Gasteiger partial charge in [0, 0.05) is 23.2 Å². The number of likely N-dealkylation sites (N-methyl/N-ethyl adjacent to an activating group) is 1. The summed E-state index contributed by atoms with van der Waals surface area (Å²) in [5.41, 5.74) is 2.38. The van der Waals surface area contributed by atoms with Crippen LogP contribution < -0.4 is 5.32 Å². The summed E-state index contributed by atoms with van der Waals surface area (Å²) in [5.74, 6) is -0.169. The van der Waals surface area contributed by atoms with Crippen molar-refractivity contribution in [2.45, 2.75) is 75.9 Å². The molecule has 5 rings (SSSR count). The number of nitrogens with zero attached hydrogens (tertiary/aromatic N) is 2. The normalized spacial score (nSPS) is 38.0. The number of aliphatic hydroxyl groups excluding tert-OH is 3. The molecule has 2 unspecified atom stereocenters. The minimum Gasteiger partial charge on any atom is -0.388 e. The molecule has 194 valence electrons. The van der Waals surface area contributed by atoms with Crippen molar-refractivity contribution in [3.05, 3.63) is 58.5 Å². The highest BCUT2D eigenvalue weighted by Crippen LogP contribution is 2.57. The number of allylic oxidation sites excluding steroid dienone is 2. The van der Waals surface area contributed by atoms with Gasteiger partial charge in [-0.3, -0.25) is 9.78 Å². The summed E-state index contributed by atoms with van der Waals surface area (Å²) in [6, 6.07) is 3.23. The average molecular weight is 496 g/mol. The van der Waals surface area contributed by atoms with Gasteiger partial charge in [0.25, 0.3) is 5.91 Å². The number of hydrogen-bond donors (Lipinski definition) is 5. The van der Waals surface area contributed by atoms with Crippen LogP contribution in [0.4, 0.5) is 5.69 Å². The third kappa shape index (κ3) is 3.87. The van der Waals surface area contributed by atoms with E-state index in [1.54, 1.807) is 18.3 Å². The molecule has 0 saturated heterocycles. The maximum Gasteiger partial charge on any atom is 0.251 e. The molecule has 0 aromatic carbocycles. The van der Waals surface area contributed by atoms with E-state index in [1.165, 1.54) is 0 Å². The summed E-state index contributed by atoms with van der Waals surface area (Å²) >= 11 is 0. The van der Waals surface area contributed by atoms with Crippen molar-refractivity contribution in [3.8, 4) is 0 Å². The van der Waals surface area contributed by atoms with Crippen molar-refractivity contribution >= 4 is 11.6 Å². The van der Waals surface area contributed by atoms with Crippen LogP contribution in [-0.4, -0.2) is 80.3 Å². The lowest BCUT2D eigenvalue weighted by molar-refractivity contribution is -0.114. The highest BCUT2D eigenvalue weighted by molar-refractivity contribution is 6.05. The monoisotopic (exact) mass is 495 g/mol. The van der Waals surface area contributed by atoms with Gasteiger partial charge in [-0.2, -0.15) is 0 Å². The van der Waals surface area contributed by atoms with E-state index in [4.69, 9.17) is 0 Å². The van der Waals surface area contributed by atoms with Crippen LogP contribution in [0.3, 0.4) is 0 Å². The van der Waals surface area contributed by atoms with Crippen molar-refractivity contribution in [1.29, 1.82) is 0 Å². The van der Waals surface area contributed by atoms with E-state index in [-0.39, 0.29) is 17.9 Å². The second-order valence-corrected chi connectivity index (χ2v) is 11.4. The number of hydrogen-bond acceptors (Lipinski definition) is 7. The molecule has 4 aliphatic rings. The van der Waals surface area contributed by atoms with Gasteiger partial charge < -0.3 is 30.6 Å². The Morgan fingerprint density at radius 2 is 1.97 bits per heavy atom. The molecule has 36 heavy (non-hydrogen) atoms. The van der Waals surface area contributed by atoms with Crippen molar-refractivity contribution in [2.24, 2.45) is 11.3 Å². The van der Waals surface area contributed by atoms with E-state index < -0.39 is 29.3 Å². The molecule has 1 aromatic rings. The van der Waals surface area contributed by atoms with Gasteiger partial charge in [-0.25, -0.2) is 0 Å². The maximum absolute atomic E-state index is 13.4. The van der Waals surface area contributed by atoms with Crippen LogP contribution in [0.2, 0.25) is 0 Å². The van der Waals surface area contributed by atoms with Gasteiger partial charge in [0.2, 0.25) is 0 Å². The van der Waals surface area contributed by atoms with Crippen LogP contribution >= 0.6 is 0 Å². The maximum atomic E-state index is 13.4. The van der Waals surface area contributed by atoms with E-state index in [2.05, 4.69) is 10.3 Å². The number of nitrogens with one attached hydrogen (secondary N) is 1. The fourth-order valence-corrected chi connectivity index (χ4v) is 7.01. The number of rotatable bonds is 3. The van der Waals surface area contributed by atoms with Crippen LogP contribution in [0.5, 0.6) is 0 Å². The molecule has 4 aliphatic carbocycles. The molecule has 8 nitrogen and oxygen atoms in total. The Hall–Kier alpha value is -2.36. The van der Waals surface area contributed by atoms with Crippen molar-refractivity contribution in [1.82, 2.24) is 9.88 Å². The highest BCUT2D eigenvalue weighted by atomic mass is 16.3. The van der Waals surface area contributed by atoms with Crippen molar-refractivity contribution in [3.63, 3.8) is 0 Å². The number of fused-ring (bicyclic) bond motifs is 3. The summed E-state index contributed by atoms with van der Waals surface area (Å²) in [4.78, 5) is 19.5. The van der Waals surface area contributed by atoms with Gasteiger partial charge in [0.05, 0.1) is 29.2 Å². The van der Waals surface area contributed by atoms with Gasteiger partial charge in [-0.15, -0.1) is 0 Å². The van der Waals surface area contributed by atoms with Gasteiger partial charge >= 0.3 is 0 Å². The standard InChI is InChI=1S/C28H37N3O5/c1-15-21(6-5-11-29-15)30-26(35)19-8-7-18-16-9-10-28(36)13-22(31(3)4)25(34)24(33)20(28)12-17(16)23(32)14-27(18,19)2/h5-6,8,11-12,18,22-25,32-34,36H,7,9-10,13-14H2,1-4H3,(H,30,35)/t18?,22-,23?,24+,25+,27-,28+/m0/s1. The van der Waals surface area contributed by atoms with E-state index in [0.29, 0.717) is 48.9 Å². The fourth-order valence-electron chi connectivity index (χ4n) is 7.01. The number of aliphatic hydroxyl groups is 4. The number of pyridine rings is 1. The van der Waals surface area contributed by atoms with E-state index >= 15 is 0 Å². The lowest BCUT2D eigenvalue weighted by Crippen LogP contribution is -2.58. The van der Waals surface area contributed by atoms with Crippen LogP contribution in [-0.2, 0) is 4.79 Å². The molecule has 8 heteroatoms. The summed E-state index contributed by atoms with van der Waals surface area (Å²) in [7, 11) is 3.66. The first kappa shape index (κ1) is 25.3. The molecule has 1 saturated carbocycles. The van der Waals surface area contributed by atoms with Gasteiger partial charge in [0.1, 0.15) is 6.10 Å². The minimum atomic E-state index is -1.27. The molecule has 0 aliphatic heterocycles. The highest BCUT2D eigenvalue weighted by Gasteiger charge is 2.54. The Labute approximate surface area is 212 Å². The summed E-state index contributed by atoms with van der Waals surface area (Å²) < 4.78 is 0. The summed E-state index contributed by atoms with van der Waals surface area (Å²) in [6.45, 7) is 3.89. The van der Waals surface area contributed by atoms with Gasteiger partial charge in [-0.05, 0) is 82.3 Å². The topological polar surface area (TPSA) is 126 Å². The predicted octanol–water partition coefficient (Wildman–Crippen LogP) is 1.85. The van der Waals surface area contributed by atoms with Crippen LogP contribution in [0.1, 0.15) is 44.7 Å². The number of aromatic nitrogens is 1. The molecule has 0 bridgehead atoms. The Kier molecular flexibility index (Phi) is 6.24. The molecule has 7 atom stereocenters. The Bertz CT molecular complexity index is 1170. The quantitative estimate of drug-likeness (QED) is 0.433. The largest absolute Gasteiger partial charge is 0.388 e. The van der Waals surface area contributed by atoms with E-state index in [9.17, 15) is 25.2 Å². The number of carbonyl (C=O) groups excluding carboxylic acids is 1. The second-order valence-electron chi connectivity index (χ2n) is 11.4. The van der Waals surface area contributed by atoms with Gasteiger partial charge in [-0.1, -0.05) is 24.6 Å². The number of aryl methyl sites for hydroxylation is 1. The predicted molar refractivity (Wildman–Crippen MR) is 136 cm³/mol. The van der Waals surface area contributed by atoms with Crippen molar-refractivity contribution < 1.29 is 25.2 Å². The summed E-state index contributed by atoms with van der Waals surface area (Å²) in [5, 5.41) is 47.8. The van der Waals surface area contributed by atoms with E-state index in [1.807, 2.05) is 45.0 Å². The number of amides is 1. The first-order valence-electron chi connectivity index (χ1n) is 12.8. The fraction of sp³-hybridized carbons (Fsp3) is 0.571. The first-order valence-corrected chi connectivity index (χ1v) is 12.8. The lowest BCUT2D eigenvalue weighted by atomic mass is 9.62. The van der Waals surface area contributed by atoms with E-state index in [0.717, 1.165) is 16.8 Å². The molecule has 5 N–H and O–H groups in total. The first-order chi connectivity index (χ1) is 17.0. The second kappa shape index (κ2) is 8.89. The third-order valence-corrected chi connectivity index (χ3v) is 9.11. The SMILES string of the molecule is Cc1ncccc1NC(=O)C1=CCC2C3=C(C=C4[C@@H](O)[C@H](O)[C@@H](N(C)C)C[C@]4(O)CC3)C(O)C[C@]12C. The molecule has 1 amide bonds. The Morgan fingerprint density at radius 1 is 1.22 bits per heavy atom. The lowest BCUT2D eigenvalue weighted by Gasteiger charge is -2.46. The number of carbonyl (C=O) groups is 1. The minimum absolute atomic E-state index is 0.0129. The molecular formula is C28H37N3O5.